The number of piperidine rings is 1. The van der Waals surface area contributed by atoms with E-state index in [-0.39, 0.29) is 17.9 Å². The summed E-state index contributed by atoms with van der Waals surface area (Å²) >= 11 is 0. The highest BCUT2D eigenvalue weighted by molar-refractivity contribution is 6.00. The van der Waals surface area contributed by atoms with E-state index < -0.39 is 0 Å². The van der Waals surface area contributed by atoms with E-state index in [1.165, 1.54) is 5.56 Å². The molecule has 2 aromatic rings. The van der Waals surface area contributed by atoms with E-state index in [4.69, 9.17) is 9.97 Å². The fourth-order valence-electron chi connectivity index (χ4n) is 4.83. The molecule has 4 rings (SSSR count). The quantitative estimate of drug-likeness (QED) is 0.648. The van der Waals surface area contributed by atoms with E-state index in [1.54, 1.807) is 0 Å². The second-order valence-electron chi connectivity index (χ2n) is 9.48. The number of nitrogens with zero attached hydrogens (tertiary/aromatic N) is 4. The first-order chi connectivity index (χ1) is 15.4. The van der Waals surface area contributed by atoms with Crippen molar-refractivity contribution in [1.29, 1.82) is 0 Å². The highest BCUT2D eigenvalue weighted by atomic mass is 16.2. The first kappa shape index (κ1) is 22.4. The molecule has 2 aliphatic heterocycles. The molecule has 0 saturated carbocycles. The minimum absolute atomic E-state index is 0.0963. The molecular formula is C26H34N4O2. The van der Waals surface area contributed by atoms with E-state index in [9.17, 15) is 9.59 Å². The van der Waals surface area contributed by atoms with Crippen LogP contribution < -0.4 is 4.90 Å². The zero-order valence-corrected chi connectivity index (χ0v) is 19.5. The van der Waals surface area contributed by atoms with Crippen molar-refractivity contribution in [3.8, 4) is 0 Å². The zero-order valence-electron chi connectivity index (χ0n) is 19.5. The van der Waals surface area contributed by atoms with Gasteiger partial charge in [0.1, 0.15) is 5.82 Å². The van der Waals surface area contributed by atoms with Gasteiger partial charge in [0, 0.05) is 30.8 Å². The SMILES string of the molecule is Cc1nc([C@@H]2CCCCN2C(=O)CC(C)C)nc2c1CC(=O)N2CCCc1ccccc1. The summed E-state index contributed by atoms with van der Waals surface area (Å²) in [6, 6.07) is 10.3. The lowest BCUT2D eigenvalue weighted by Gasteiger charge is -2.35. The second-order valence-corrected chi connectivity index (χ2v) is 9.48. The molecule has 0 unspecified atom stereocenters. The number of carbonyl (C=O) groups excluding carboxylic acids is 2. The van der Waals surface area contributed by atoms with Crippen LogP contribution in [0.5, 0.6) is 0 Å². The third-order valence-corrected chi connectivity index (χ3v) is 6.49. The number of aryl methyl sites for hydroxylation is 2. The predicted molar refractivity (Wildman–Crippen MR) is 125 cm³/mol. The zero-order chi connectivity index (χ0) is 22.7. The molecule has 0 spiro atoms. The maximum atomic E-state index is 12.9. The number of amides is 2. The highest BCUT2D eigenvalue weighted by Gasteiger charge is 2.35. The largest absolute Gasteiger partial charge is 0.332 e. The van der Waals surface area contributed by atoms with Gasteiger partial charge in [0.25, 0.3) is 0 Å². The van der Waals surface area contributed by atoms with Gasteiger partial charge in [0.2, 0.25) is 11.8 Å². The van der Waals surface area contributed by atoms with Crippen LogP contribution in [0.15, 0.2) is 30.3 Å². The van der Waals surface area contributed by atoms with Crippen molar-refractivity contribution in [2.75, 3.05) is 18.0 Å². The summed E-state index contributed by atoms with van der Waals surface area (Å²) in [5, 5.41) is 0. The van der Waals surface area contributed by atoms with Gasteiger partial charge in [-0.25, -0.2) is 9.97 Å². The molecule has 32 heavy (non-hydrogen) atoms. The van der Waals surface area contributed by atoms with Crippen LogP contribution in [0.4, 0.5) is 5.82 Å². The lowest BCUT2D eigenvalue weighted by Crippen LogP contribution is -2.40. The maximum absolute atomic E-state index is 12.9. The van der Waals surface area contributed by atoms with Crippen molar-refractivity contribution in [3.05, 3.63) is 53.0 Å². The predicted octanol–water partition coefficient (Wildman–Crippen LogP) is 4.41. The summed E-state index contributed by atoms with van der Waals surface area (Å²) in [6.07, 6.45) is 5.69. The van der Waals surface area contributed by atoms with Crippen molar-refractivity contribution >= 4 is 17.6 Å². The fraction of sp³-hybridized carbons (Fsp3) is 0.538. The van der Waals surface area contributed by atoms with E-state index in [1.807, 2.05) is 34.9 Å². The van der Waals surface area contributed by atoms with Crippen LogP contribution in [0.1, 0.15) is 74.6 Å². The van der Waals surface area contributed by atoms with Gasteiger partial charge in [0.15, 0.2) is 5.82 Å². The Bertz CT molecular complexity index is 973. The van der Waals surface area contributed by atoms with Gasteiger partial charge < -0.3 is 4.90 Å². The molecule has 0 N–H and O–H groups in total. The molecule has 2 amide bonds. The Morgan fingerprint density at radius 1 is 1.16 bits per heavy atom. The van der Waals surface area contributed by atoms with Crippen LogP contribution in [-0.4, -0.2) is 39.8 Å². The van der Waals surface area contributed by atoms with Crippen LogP contribution in [0, 0.1) is 12.8 Å². The minimum Gasteiger partial charge on any atom is -0.332 e. The van der Waals surface area contributed by atoms with E-state index in [0.29, 0.717) is 31.1 Å². The number of hydrogen-bond donors (Lipinski definition) is 0. The smallest absolute Gasteiger partial charge is 0.232 e. The van der Waals surface area contributed by atoms with Crippen LogP contribution in [0.3, 0.4) is 0 Å². The van der Waals surface area contributed by atoms with Gasteiger partial charge >= 0.3 is 0 Å². The molecule has 6 nitrogen and oxygen atoms in total. The highest BCUT2D eigenvalue weighted by Crippen LogP contribution is 2.35. The normalized spacial score (nSPS) is 18.4. The Morgan fingerprint density at radius 2 is 1.94 bits per heavy atom. The average Bonchev–Trinajstić information content (AvgIpc) is 3.10. The standard InChI is InChI=1S/C26H34N4O2/c1-18(2)16-23(31)29-14-8-7-13-22(29)25-27-19(3)21-17-24(32)30(26(21)28-25)15-9-12-20-10-5-4-6-11-20/h4-6,10-11,18,22H,7-9,12-17H2,1-3H3/t22-/m0/s1. The second kappa shape index (κ2) is 9.80. The molecule has 2 aliphatic rings. The van der Waals surface area contributed by atoms with Crippen molar-refractivity contribution in [3.63, 3.8) is 0 Å². The number of benzene rings is 1. The topological polar surface area (TPSA) is 66.4 Å². The number of carbonyl (C=O) groups is 2. The number of likely N-dealkylation sites (tertiary alicyclic amines) is 1. The Hall–Kier alpha value is -2.76. The first-order valence-corrected chi connectivity index (χ1v) is 11.9. The van der Waals surface area contributed by atoms with Gasteiger partial charge in [0.05, 0.1) is 12.5 Å². The summed E-state index contributed by atoms with van der Waals surface area (Å²) in [6.45, 7) is 7.53. The summed E-state index contributed by atoms with van der Waals surface area (Å²) in [7, 11) is 0. The lowest BCUT2D eigenvalue weighted by molar-refractivity contribution is -0.136. The van der Waals surface area contributed by atoms with Gasteiger partial charge in [-0.05, 0) is 50.5 Å². The van der Waals surface area contributed by atoms with Crippen molar-refractivity contribution in [2.24, 2.45) is 5.92 Å². The van der Waals surface area contributed by atoms with E-state index in [2.05, 4.69) is 26.0 Å². The molecule has 1 fully saturated rings. The van der Waals surface area contributed by atoms with Gasteiger partial charge in [-0.3, -0.25) is 14.5 Å². The maximum Gasteiger partial charge on any atom is 0.232 e. The van der Waals surface area contributed by atoms with Gasteiger partial charge in [-0.2, -0.15) is 0 Å². The summed E-state index contributed by atoms with van der Waals surface area (Å²) in [5.41, 5.74) is 3.08. The number of rotatable bonds is 7. The third-order valence-electron chi connectivity index (χ3n) is 6.49. The molecule has 1 aromatic carbocycles. The minimum atomic E-state index is -0.0964. The first-order valence-electron chi connectivity index (χ1n) is 11.9. The fourth-order valence-corrected chi connectivity index (χ4v) is 4.83. The van der Waals surface area contributed by atoms with Gasteiger partial charge in [-0.15, -0.1) is 0 Å². The molecular weight excluding hydrogens is 400 g/mol. The number of fused-ring (bicyclic) bond motifs is 1. The van der Waals surface area contributed by atoms with Crippen LogP contribution in [-0.2, 0) is 22.4 Å². The van der Waals surface area contributed by atoms with Crippen molar-refractivity contribution in [2.45, 2.75) is 71.8 Å². The Balaban J connectivity index is 1.55. The van der Waals surface area contributed by atoms with Crippen LogP contribution >= 0.6 is 0 Å². The van der Waals surface area contributed by atoms with Crippen LogP contribution in [0.2, 0.25) is 0 Å². The molecule has 1 saturated heterocycles. The Kier molecular flexibility index (Phi) is 6.87. The Morgan fingerprint density at radius 3 is 2.69 bits per heavy atom. The molecule has 0 radical (unpaired) electrons. The summed E-state index contributed by atoms with van der Waals surface area (Å²) in [5.74, 6) is 2.06. The number of anilines is 1. The average molecular weight is 435 g/mol. The molecule has 1 atom stereocenters. The summed E-state index contributed by atoms with van der Waals surface area (Å²) < 4.78 is 0. The van der Waals surface area contributed by atoms with Gasteiger partial charge in [-0.1, -0.05) is 44.2 Å². The summed E-state index contributed by atoms with van der Waals surface area (Å²) in [4.78, 5) is 39.2. The molecule has 1 aromatic heterocycles. The molecule has 6 heteroatoms. The van der Waals surface area contributed by atoms with E-state index in [0.717, 1.165) is 55.7 Å². The lowest BCUT2D eigenvalue weighted by atomic mass is 9.99. The monoisotopic (exact) mass is 434 g/mol. The third kappa shape index (κ3) is 4.84. The molecule has 3 heterocycles. The van der Waals surface area contributed by atoms with Crippen LogP contribution in [0.25, 0.3) is 0 Å². The molecule has 170 valence electrons. The molecule has 0 aliphatic carbocycles. The number of hydrogen-bond acceptors (Lipinski definition) is 4. The van der Waals surface area contributed by atoms with Crippen molar-refractivity contribution in [1.82, 2.24) is 14.9 Å². The van der Waals surface area contributed by atoms with E-state index >= 15 is 0 Å². The number of aromatic nitrogens is 2. The molecule has 0 bridgehead atoms. The Labute approximate surface area is 191 Å². The van der Waals surface area contributed by atoms with Crippen molar-refractivity contribution < 1.29 is 9.59 Å².